The second-order valence-electron chi connectivity index (χ2n) is 13.2. The Morgan fingerprint density at radius 3 is 1.83 bits per heavy atom. The molecule has 10 rings (SSSR count). The molecule has 0 N–H and O–H groups in total. The van der Waals surface area contributed by atoms with Gasteiger partial charge in [-0.15, -0.1) is 0 Å². The maximum Gasteiger partial charge on any atom is 0.178 e. The molecule has 2 heterocycles. The van der Waals surface area contributed by atoms with Gasteiger partial charge in [-0.2, -0.15) is 0 Å². The van der Waals surface area contributed by atoms with Crippen molar-refractivity contribution in [3.63, 3.8) is 0 Å². The van der Waals surface area contributed by atoms with Crippen LogP contribution in [0.2, 0.25) is 0 Å². The first-order valence-corrected chi connectivity index (χ1v) is 16.3. The molecule has 0 amide bonds. The van der Waals surface area contributed by atoms with Gasteiger partial charge in [0.2, 0.25) is 0 Å². The number of hydrogen-bond donors (Lipinski definition) is 0. The molecular formula is C45H30O2. The lowest BCUT2D eigenvalue weighted by atomic mass is 9.74. The Bertz CT molecular complexity index is 2680. The smallest absolute Gasteiger partial charge is 0.178 e. The fourth-order valence-electron chi connectivity index (χ4n) is 8.05. The van der Waals surface area contributed by atoms with Gasteiger partial charge >= 0.3 is 0 Å². The summed E-state index contributed by atoms with van der Waals surface area (Å²) in [4.78, 5) is 0. The molecule has 8 aromatic carbocycles. The van der Waals surface area contributed by atoms with Crippen LogP contribution in [0.15, 0.2) is 150 Å². The molecule has 0 aliphatic carbocycles. The summed E-state index contributed by atoms with van der Waals surface area (Å²) in [6.07, 6.45) is 0. The maximum absolute atomic E-state index is 6.75. The topological polar surface area (TPSA) is 22.4 Å². The van der Waals surface area contributed by atoms with E-state index in [0.29, 0.717) is 0 Å². The minimum atomic E-state index is -0.305. The second kappa shape index (κ2) is 9.57. The van der Waals surface area contributed by atoms with E-state index in [2.05, 4.69) is 147 Å². The molecule has 0 spiro atoms. The van der Waals surface area contributed by atoms with Gasteiger partial charge in [0, 0.05) is 27.3 Å². The third-order valence-electron chi connectivity index (χ3n) is 10.3. The van der Waals surface area contributed by atoms with Gasteiger partial charge in [0.05, 0.1) is 0 Å². The van der Waals surface area contributed by atoms with Gasteiger partial charge in [-0.25, -0.2) is 0 Å². The van der Waals surface area contributed by atoms with Crippen molar-refractivity contribution in [1.82, 2.24) is 0 Å². The summed E-state index contributed by atoms with van der Waals surface area (Å²) in [5, 5.41) is 9.70. The molecule has 1 aliphatic rings. The number of hydrogen-bond acceptors (Lipinski definition) is 2. The molecule has 47 heavy (non-hydrogen) atoms. The largest absolute Gasteiger partial charge is 0.453 e. The average Bonchev–Trinajstić information content (AvgIpc) is 3.50. The molecule has 2 heteroatoms. The molecule has 222 valence electrons. The highest BCUT2D eigenvalue weighted by Crippen LogP contribution is 2.53. The van der Waals surface area contributed by atoms with Crippen molar-refractivity contribution in [2.24, 2.45) is 0 Å². The van der Waals surface area contributed by atoms with Gasteiger partial charge in [-0.05, 0) is 78.8 Å². The van der Waals surface area contributed by atoms with Crippen molar-refractivity contribution < 1.29 is 9.15 Å². The lowest BCUT2D eigenvalue weighted by Gasteiger charge is -2.35. The molecule has 9 aromatic rings. The van der Waals surface area contributed by atoms with Gasteiger partial charge in [-0.1, -0.05) is 135 Å². The fourth-order valence-corrected chi connectivity index (χ4v) is 8.05. The van der Waals surface area contributed by atoms with E-state index in [1.54, 1.807) is 0 Å². The lowest BCUT2D eigenvalue weighted by Crippen LogP contribution is -2.24. The van der Waals surface area contributed by atoms with Crippen LogP contribution in [-0.4, -0.2) is 0 Å². The monoisotopic (exact) mass is 602 g/mol. The number of benzene rings is 8. The second-order valence-corrected chi connectivity index (χ2v) is 13.2. The first-order valence-electron chi connectivity index (χ1n) is 16.3. The van der Waals surface area contributed by atoms with Crippen molar-refractivity contribution in [3.05, 3.63) is 157 Å². The summed E-state index contributed by atoms with van der Waals surface area (Å²) in [7, 11) is 0. The van der Waals surface area contributed by atoms with E-state index in [1.807, 2.05) is 12.1 Å². The minimum absolute atomic E-state index is 0.305. The van der Waals surface area contributed by atoms with Crippen LogP contribution in [0, 0.1) is 0 Å². The van der Waals surface area contributed by atoms with Gasteiger partial charge in [0.25, 0.3) is 0 Å². The van der Waals surface area contributed by atoms with E-state index in [0.717, 1.165) is 39.0 Å². The fraction of sp³-hybridized carbons (Fsp3) is 0.0667. The Labute approximate surface area is 272 Å². The molecular weight excluding hydrogens is 572 g/mol. The maximum atomic E-state index is 6.75. The molecule has 0 bridgehead atoms. The summed E-state index contributed by atoms with van der Waals surface area (Å²) >= 11 is 0. The van der Waals surface area contributed by atoms with Crippen LogP contribution in [0.3, 0.4) is 0 Å². The third-order valence-corrected chi connectivity index (χ3v) is 10.3. The molecule has 1 aromatic heterocycles. The zero-order chi connectivity index (χ0) is 31.3. The van der Waals surface area contributed by atoms with E-state index in [9.17, 15) is 0 Å². The first kappa shape index (κ1) is 26.4. The number of fused-ring (bicyclic) bond motifs is 9. The van der Waals surface area contributed by atoms with Crippen molar-refractivity contribution in [1.29, 1.82) is 0 Å². The Morgan fingerprint density at radius 2 is 1.09 bits per heavy atom. The van der Waals surface area contributed by atoms with Gasteiger partial charge in [-0.3, -0.25) is 0 Å². The molecule has 0 saturated heterocycles. The van der Waals surface area contributed by atoms with Crippen LogP contribution < -0.4 is 4.74 Å². The molecule has 0 unspecified atom stereocenters. The third kappa shape index (κ3) is 3.67. The van der Waals surface area contributed by atoms with Crippen molar-refractivity contribution in [2.75, 3.05) is 0 Å². The number of furan rings is 1. The summed E-state index contributed by atoms with van der Waals surface area (Å²) in [6.45, 7) is 4.59. The molecule has 0 saturated carbocycles. The molecule has 2 nitrogen and oxygen atoms in total. The summed E-state index contributed by atoms with van der Waals surface area (Å²) in [5.41, 5.74) is 8.66. The van der Waals surface area contributed by atoms with E-state index in [-0.39, 0.29) is 5.41 Å². The van der Waals surface area contributed by atoms with Crippen LogP contribution in [-0.2, 0) is 5.41 Å². The zero-order valence-electron chi connectivity index (χ0n) is 26.2. The molecule has 1 aliphatic heterocycles. The minimum Gasteiger partial charge on any atom is -0.453 e. The molecule has 0 fully saturated rings. The Balaban J connectivity index is 1.22. The number of ether oxygens (including phenoxy) is 1. The average molecular weight is 603 g/mol. The zero-order valence-corrected chi connectivity index (χ0v) is 26.2. The Hall–Kier alpha value is -5.86. The molecule has 0 radical (unpaired) electrons. The van der Waals surface area contributed by atoms with Crippen molar-refractivity contribution in [3.8, 4) is 33.8 Å². The van der Waals surface area contributed by atoms with E-state index in [4.69, 9.17) is 9.15 Å². The van der Waals surface area contributed by atoms with Crippen LogP contribution in [0.5, 0.6) is 11.5 Å². The highest BCUT2D eigenvalue weighted by Gasteiger charge is 2.37. The summed E-state index contributed by atoms with van der Waals surface area (Å²) in [6, 6.07) is 52.5. The Kier molecular flexibility index (Phi) is 5.37. The predicted molar refractivity (Wildman–Crippen MR) is 196 cm³/mol. The van der Waals surface area contributed by atoms with Crippen LogP contribution >= 0.6 is 0 Å². The number of para-hydroxylation sites is 1. The highest BCUT2D eigenvalue weighted by molar-refractivity contribution is 6.23. The molecule has 0 atom stereocenters. The van der Waals surface area contributed by atoms with E-state index in [1.165, 1.54) is 60.1 Å². The lowest BCUT2D eigenvalue weighted by molar-refractivity contribution is 0.415. The van der Waals surface area contributed by atoms with Crippen LogP contribution in [0.4, 0.5) is 0 Å². The van der Waals surface area contributed by atoms with E-state index < -0.39 is 0 Å². The summed E-state index contributed by atoms with van der Waals surface area (Å²) in [5.74, 6) is 1.69. The van der Waals surface area contributed by atoms with Gasteiger partial charge in [0.1, 0.15) is 11.3 Å². The van der Waals surface area contributed by atoms with E-state index >= 15 is 0 Å². The Morgan fingerprint density at radius 1 is 0.468 bits per heavy atom. The SMILES string of the molecule is CC1(C)c2cc(-c3c4ccccc4c(-c4cccc5ccccc45)c4ccccc34)ccc2Oc2c1ccc1c2oc2ccccc21. The van der Waals surface area contributed by atoms with Crippen LogP contribution in [0.1, 0.15) is 25.0 Å². The van der Waals surface area contributed by atoms with Crippen LogP contribution in [0.25, 0.3) is 76.5 Å². The van der Waals surface area contributed by atoms with Crippen molar-refractivity contribution >= 4 is 54.3 Å². The van der Waals surface area contributed by atoms with Gasteiger partial charge in [0.15, 0.2) is 11.3 Å². The highest BCUT2D eigenvalue weighted by atomic mass is 16.5. The van der Waals surface area contributed by atoms with Crippen molar-refractivity contribution in [2.45, 2.75) is 19.3 Å². The standard InChI is InChI=1S/C45H30O2/c1-45(2)37-24-23-36-30-15-9-10-21-39(30)46-43(36)44(37)47-40-25-22-28(26-38(40)45)41-32-16-5-7-18-34(32)42(35-19-8-6-17-33(35)41)31-20-11-13-27-12-3-4-14-29(27)31/h3-26H,1-2H3. The first-order chi connectivity index (χ1) is 23.1. The number of rotatable bonds is 2. The normalized spacial score (nSPS) is 13.7. The quantitative estimate of drug-likeness (QED) is 0.184. The predicted octanol–water partition coefficient (Wildman–Crippen LogP) is 12.8. The summed E-state index contributed by atoms with van der Waals surface area (Å²) < 4.78 is 13.1. The van der Waals surface area contributed by atoms with Gasteiger partial charge < -0.3 is 9.15 Å².